The van der Waals surface area contributed by atoms with Crippen molar-refractivity contribution in [2.75, 3.05) is 0 Å². The van der Waals surface area contributed by atoms with E-state index in [1.807, 2.05) is 34.6 Å². The van der Waals surface area contributed by atoms with Crippen LogP contribution in [0, 0.1) is 6.92 Å². The van der Waals surface area contributed by atoms with E-state index in [-0.39, 0.29) is 0 Å². The Morgan fingerprint density at radius 2 is 1.75 bits per heavy atom. The molecule has 3 heteroatoms. The molecule has 0 aliphatic heterocycles. The van der Waals surface area contributed by atoms with E-state index in [0.717, 1.165) is 16.9 Å². The molecule has 0 aliphatic rings. The number of fused-ring (bicyclic) bond motifs is 1. The van der Waals surface area contributed by atoms with Crippen LogP contribution in [0.25, 0.3) is 10.2 Å². The van der Waals surface area contributed by atoms with E-state index in [0.29, 0.717) is 0 Å². The monoisotopic (exact) mass is 238 g/mol. The van der Waals surface area contributed by atoms with Crippen molar-refractivity contribution < 1.29 is 0 Å². The average molecular weight is 238 g/mol. The minimum absolute atomic E-state index is 1.08. The summed E-state index contributed by atoms with van der Waals surface area (Å²) in [7, 11) is 0. The Labute approximate surface area is 103 Å². The predicted octanol–water partition coefficient (Wildman–Crippen LogP) is 4.61. The molecule has 90 valence electrons. The molecule has 0 saturated heterocycles. The first kappa shape index (κ1) is 15.0. The molecule has 2 heterocycles. The number of hydrogen-bond acceptors (Lipinski definition) is 3. The molecule has 2 nitrogen and oxygen atoms in total. The Hall–Kier alpha value is -0.960. The van der Waals surface area contributed by atoms with Gasteiger partial charge in [-0.3, -0.25) is 0 Å². The third-order valence-corrected chi connectivity index (χ3v) is 3.12. The molecule has 0 bridgehead atoms. The standard InChI is InChI=1S/C9H10N2S.2C2H6/c1-3-7-4-8-6(2)10-5-11-9(8)12-7;2*1-2/h4-5H,3H2,1-2H3;2*1-2H3. The second-order valence-corrected chi connectivity index (χ2v) is 3.86. The molecule has 0 unspecified atom stereocenters. The van der Waals surface area contributed by atoms with Gasteiger partial charge in [-0.25, -0.2) is 9.97 Å². The van der Waals surface area contributed by atoms with Gasteiger partial charge in [-0.05, 0) is 19.4 Å². The normalized spacial score (nSPS) is 8.88. The summed E-state index contributed by atoms with van der Waals surface area (Å²) in [6.45, 7) is 12.2. The van der Waals surface area contributed by atoms with E-state index < -0.39 is 0 Å². The van der Waals surface area contributed by atoms with Crippen LogP contribution in [0.3, 0.4) is 0 Å². The predicted molar refractivity (Wildman–Crippen MR) is 74.2 cm³/mol. The quantitative estimate of drug-likeness (QED) is 0.724. The number of thiophene rings is 1. The summed E-state index contributed by atoms with van der Waals surface area (Å²) in [4.78, 5) is 10.9. The summed E-state index contributed by atoms with van der Waals surface area (Å²) in [6, 6.07) is 2.19. The summed E-state index contributed by atoms with van der Waals surface area (Å²) < 4.78 is 0. The molecule has 2 aromatic heterocycles. The van der Waals surface area contributed by atoms with Crippen molar-refractivity contribution in [2.24, 2.45) is 0 Å². The lowest BCUT2D eigenvalue weighted by Crippen LogP contribution is -1.81. The van der Waals surface area contributed by atoms with Crippen LogP contribution in [0.5, 0.6) is 0 Å². The van der Waals surface area contributed by atoms with Crippen molar-refractivity contribution in [3.05, 3.63) is 23.0 Å². The second kappa shape index (κ2) is 8.22. The molecule has 16 heavy (non-hydrogen) atoms. The lowest BCUT2D eigenvalue weighted by Gasteiger charge is -1.90. The zero-order valence-electron chi connectivity index (χ0n) is 11.2. The largest absolute Gasteiger partial charge is 0.241 e. The van der Waals surface area contributed by atoms with Gasteiger partial charge >= 0.3 is 0 Å². The highest BCUT2D eigenvalue weighted by Gasteiger charge is 2.03. The van der Waals surface area contributed by atoms with E-state index in [2.05, 4.69) is 23.0 Å². The van der Waals surface area contributed by atoms with Gasteiger partial charge in [0.15, 0.2) is 0 Å². The lowest BCUT2D eigenvalue weighted by molar-refractivity contribution is 1.16. The third-order valence-electron chi connectivity index (χ3n) is 1.93. The van der Waals surface area contributed by atoms with Crippen molar-refractivity contribution >= 4 is 21.6 Å². The third kappa shape index (κ3) is 3.56. The summed E-state index contributed by atoms with van der Waals surface area (Å²) >= 11 is 1.76. The molecule has 0 aliphatic carbocycles. The van der Waals surface area contributed by atoms with Crippen LogP contribution in [0.2, 0.25) is 0 Å². The Kier molecular flexibility index (Phi) is 7.73. The zero-order valence-corrected chi connectivity index (χ0v) is 12.0. The highest BCUT2D eigenvalue weighted by Crippen LogP contribution is 2.24. The molecular weight excluding hydrogens is 216 g/mol. The smallest absolute Gasteiger partial charge is 0.127 e. The SMILES string of the molecule is CC.CC.CCc1cc2c(C)ncnc2s1. The highest BCUT2D eigenvalue weighted by atomic mass is 32.1. The zero-order chi connectivity index (χ0) is 12.6. The number of nitrogens with zero attached hydrogens (tertiary/aromatic N) is 2. The van der Waals surface area contributed by atoms with E-state index in [9.17, 15) is 0 Å². The van der Waals surface area contributed by atoms with Gasteiger partial charge in [-0.1, -0.05) is 34.6 Å². The molecule has 0 fully saturated rings. The van der Waals surface area contributed by atoms with E-state index in [1.54, 1.807) is 17.7 Å². The van der Waals surface area contributed by atoms with Gasteiger partial charge in [-0.15, -0.1) is 11.3 Å². The Balaban J connectivity index is 0.000000509. The number of aromatic nitrogens is 2. The van der Waals surface area contributed by atoms with Crippen molar-refractivity contribution in [1.29, 1.82) is 0 Å². The fourth-order valence-corrected chi connectivity index (χ4v) is 2.18. The number of hydrogen-bond donors (Lipinski definition) is 0. The van der Waals surface area contributed by atoms with Gasteiger partial charge in [-0.2, -0.15) is 0 Å². The maximum Gasteiger partial charge on any atom is 0.127 e. The number of aryl methyl sites for hydroxylation is 2. The van der Waals surface area contributed by atoms with Crippen LogP contribution in [0.1, 0.15) is 45.2 Å². The highest BCUT2D eigenvalue weighted by molar-refractivity contribution is 7.18. The lowest BCUT2D eigenvalue weighted by atomic mass is 10.3. The minimum atomic E-state index is 1.08. The summed E-state index contributed by atoms with van der Waals surface area (Å²) in [5.74, 6) is 0. The van der Waals surface area contributed by atoms with Gasteiger partial charge in [0.25, 0.3) is 0 Å². The first-order valence-electron chi connectivity index (χ1n) is 6.01. The Bertz CT molecular complexity index is 407. The molecule has 2 rings (SSSR count). The van der Waals surface area contributed by atoms with E-state index in [1.165, 1.54) is 10.3 Å². The maximum atomic E-state index is 4.22. The van der Waals surface area contributed by atoms with Crippen molar-refractivity contribution in [1.82, 2.24) is 9.97 Å². The Morgan fingerprint density at radius 3 is 2.25 bits per heavy atom. The van der Waals surface area contributed by atoms with Crippen molar-refractivity contribution in [3.63, 3.8) is 0 Å². The number of rotatable bonds is 1. The molecule has 0 amide bonds. The van der Waals surface area contributed by atoms with Crippen LogP contribution in [-0.2, 0) is 6.42 Å². The van der Waals surface area contributed by atoms with Crippen LogP contribution in [0.15, 0.2) is 12.4 Å². The Morgan fingerprint density at radius 1 is 1.12 bits per heavy atom. The summed E-state index contributed by atoms with van der Waals surface area (Å²) in [5, 5.41) is 1.21. The van der Waals surface area contributed by atoms with Crippen LogP contribution in [0.4, 0.5) is 0 Å². The summed E-state index contributed by atoms with van der Waals surface area (Å²) in [6.07, 6.45) is 2.72. The van der Waals surface area contributed by atoms with Gasteiger partial charge in [0, 0.05) is 16.0 Å². The molecule has 0 atom stereocenters. The van der Waals surface area contributed by atoms with Crippen molar-refractivity contribution in [2.45, 2.75) is 48.0 Å². The minimum Gasteiger partial charge on any atom is -0.241 e. The second-order valence-electron chi connectivity index (χ2n) is 2.74. The topological polar surface area (TPSA) is 25.8 Å². The van der Waals surface area contributed by atoms with Crippen molar-refractivity contribution in [3.8, 4) is 0 Å². The fourth-order valence-electron chi connectivity index (χ4n) is 1.20. The fraction of sp³-hybridized carbons (Fsp3) is 0.538. The summed E-state index contributed by atoms with van der Waals surface area (Å²) in [5.41, 5.74) is 1.08. The van der Waals surface area contributed by atoms with Gasteiger partial charge in [0.05, 0.1) is 0 Å². The van der Waals surface area contributed by atoms with Gasteiger partial charge in [0.1, 0.15) is 11.2 Å². The van der Waals surface area contributed by atoms with E-state index in [4.69, 9.17) is 0 Å². The molecule has 2 aromatic rings. The van der Waals surface area contributed by atoms with Crippen LogP contribution < -0.4 is 0 Å². The molecule has 0 N–H and O–H groups in total. The average Bonchev–Trinajstić information content (AvgIpc) is 2.79. The first-order chi connectivity index (χ1) is 7.81. The first-order valence-corrected chi connectivity index (χ1v) is 6.83. The maximum absolute atomic E-state index is 4.22. The van der Waals surface area contributed by atoms with Crippen LogP contribution >= 0.6 is 11.3 Å². The molecule has 0 spiro atoms. The van der Waals surface area contributed by atoms with Crippen LogP contribution in [-0.4, -0.2) is 9.97 Å². The van der Waals surface area contributed by atoms with Gasteiger partial charge < -0.3 is 0 Å². The van der Waals surface area contributed by atoms with E-state index >= 15 is 0 Å². The van der Waals surface area contributed by atoms with Gasteiger partial charge in [0.2, 0.25) is 0 Å². The molecule has 0 aromatic carbocycles. The molecular formula is C13H22N2S. The molecule has 0 radical (unpaired) electrons. The molecule has 0 saturated carbocycles.